The van der Waals surface area contributed by atoms with Gasteiger partial charge in [0.15, 0.2) is 0 Å². The lowest BCUT2D eigenvalue weighted by molar-refractivity contribution is -0.138. The fourth-order valence-corrected chi connectivity index (χ4v) is 3.78. The third-order valence-corrected chi connectivity index (χ3v) is 5.41. The van der Waals surface area contributed by atoms with Crippen LogP contribution < -0.4 is 5.32 Å². The molecule has 2 aromatic rings. The van der Waals surface area contributed by atoms with Crippen LogP contribution in [0.2, 0.25) is 0 Å². The van der Waals surface area contributed by atoms with Crippen LogP contribution in [0, 0.1) is 6.92 Å². The number of aromatic nitrogens is 1. The molecule has 0 radical (unpaired) electrons. The lowest BCUT2D eigenvalue weighted by Gasteiger charge is -2.35. The van der Waals surface area contributed by atoms with Crippen LogP contribution in [0.1, 0.15) is 32.7 Å². The monoisotopic (exact) mass is 395 g/mol. The standard InChI is InChI=1S/C22H25N3O4/c1-15-3-2-6-23-21(15)22(27)24-11-19-14-28-8-7-25(19)20(26)10-16-4-5-17-12-29-13-18(17)9-16/h2-6,9,19H,7-8,10-14H2,1H3,(H,24,27). The van der Waals surface area contributed by atoms with Gasteiger partial charge in [0.25, 0.3) is 5.91 Å². The molecule has 4 rings (SSSR count). The molecule has 1 aromatic heterocycles. The molecule has 0 aliphatic carbocycles. The third-order valence-electron chi connectivity index (χ3n) is 5.41. The summed E-state index contributed by atoms with van der Waals surface area (Å²) in [5.74, 6) is -0.194. The van der Waals surface area contributed by atoms with Crippen molar-refractivity contribution in [2.75, 3.05) is 26.3 Å². The first-order valence-electron chi connectivity index (χ1n) is 9.87. The molecule has 152 valence electrons. The van der Waals surface area contributed by atoms with Crippen LogP contribution in [0.5, 0.6) is 0 Å². The number of amides is 2. The Morgan fingerprint density at radius 1 is 1.21 bits per heavy atom. The van der Waals surface area contributed by atoms with E-state index in [1.807, 2.05) is 30.0 Å². The quantitative estimate of drug-likeness (QED) is 0.832. The van der Waals surface area contributed by atoms with E-state index in [1.165, 1.54) is 5.56 Å². The van der Waals surface area contributed by atoms with Gasteiger partial charge in [-0.2, -0.15) is 0 Å². The van der Waals surface area contributed by atoms with Gasteiger partial charge in [0.05, 0.1) is 38.9 Å². The summed E-state index contributed by atoms with van der Waals surface area (Å²) in [6, 6.07) is 9.54. The van der Waals surface area contributed by atoms with Crippen LogP contribution in [0.3, 0.4) is 0 Å². The van der Waals surface area contributed by atoms with E-state index in [0.717, 1.165) is 16.7 Å². The van der Waals surface area contributed by atoms with Gasteiger partial charge in [-0.05, 0) is 35.2 Å². The van der Waals surface area contributed by atoms with Gasteiger partial charge in [0, 0.05) is 19.3 Å². The highest BCUT2D eigenvalue weighted by molar-refractivity contribution is 5.93. The Balaban J connectivity index is 1.38. The van der Waals surface area contributed by atoms with E-state index in [1.54, 1.807) is 12.3 Å². The van der Waals surface area contributed by atoms with Crippen LogP contribution in [0.15, 0.2) is 36.5 Å². The average Bonchev–Trinajstić information content (AvgIpc) is 3.20. The Morgan fingerprint density at radius 2 is 2.07 bits per heavy atom. The van der Waals surface area contributed by atoms with Gasteiger partial charge in [-0.3, -0.25) is 14.6 Å². The van der Waals surface area contributed by atoms with Gasteiger partial charge in [0.1, 0.15) is 5.69 Å². The SMILES string of the molecule is Cc1cccnc1C(=O)NCC1COCCN1C(=O)Cc1ccc2c(c1)COC2. The molecule has 7 heteroatoms. The number of pyridine rings is 1. The Hall–Kier alpha value is -2.77. The summed E-state index contributed by atoms with van der Waals surface area (Å²) in [7, 11) is 0. The lowest BCUT2D eigenvalue weighted by Crippen LogP contribution is -2.54. The molecular formula is C22H25N3O4. The van der Waals surface area contributed by atoms with E-state index < -0.39 is 0 Å². The highest BCUT2D eigenvalue weighted by Gasteiger charge is 2.28. The molecular weight excluding hydrogens is 370 g/mol. The average molecular weight is 395 g/mol. The third kappa shape index (κ3) is 4.46. The van der Waals surface area contributed by atoms with E-state index in [-0.39, 0.29) is 17.9 Å². The minimum absolute atomic E-state index is 0.0421. The van der Waals surface area contributed by atoms with Gasteiger partial charge < -0.3 is 19.7 Å². The molecule has 1 aromatic carbocycles. The van der Waals surface area contributed by atoms with E-state index in [2.05, 4.69) is 16.4 Å². The summed E-state index contributed by atoms with van der Waals surface area (Å²) < 4.78 is 11.0. The maximum atomic E-state index is 13.0. The molecule has 29 heavy (non-hydrogen) atoms. The summed E-state index contributed by atoms with van der Waals surface area (Å²) >= 11 is 0. The van der Waals surface area contributed by atoms with Gasteiger partial charge in [0.2, 0.25) is 5.91 Å². The Bertz CT molecular complexity index is 915. The molecule has 0 saturated carbocycles. The summed E-state index contributed by atoms with van der Waals surface area (Å²) in [6.45, 7) is 4.87. The largest absolute Gasteiger partial charge is 0.377 e. The highest BCUT2D eigenvalue weighted by atomic mass is 16.5. The van der Waals surface area contributed by atoms with E-state index in [9.17, 15) is 9.59 Å². The van der Waals surface area contributed by atoms with Crippen molar-refractivity contribution in [2.24, 2.45) is 0 Å². The molecule has 1 N–H and O–H groups in total. The van der Waals surface area contributed by atoms with E-state index in [0.29, 0.717) is 51.6 Å². The zero-order valence-electron chi connectivity index (χ0n) is 16.5. The van der Waals surface area contributed by atoms with Crippen molar-refractivity contribution in [1.29, 1.82) is 0 Å². The molecule has 2 amide bonds. The molecule has 3 heterocycles. The fraction of sp³-hybridized carbons (Fsp3) is 0.409. The molecule has 2 aliphatic rings. The number of fused-ring (bicyclic) bond motifs is 1. The van der Waals surface area contributed by atoms with Crippen molar-refractivity contribution in [3.8, 4) is 0 Å². The van der Waals surface area contributed by atoms with Crippen LogP contribution in [0.25, 0.3) is 0 Å². The van der Waals surface area contributed by atoms with Gasteiger partial charge in [-0.1, -0.05) is 24.3 Å². The molecule has 2 aliphatic heterocycles. The molecule has 1 fully saturated rings. The van der Waals surface area contributed by atoms with Crippen molar-refractivity contribution in [3.63, 3.8) is 0 Å². The molecule has 0 spiro atoms. The molecule has 1 atom stereocenters. The van der Waals surface area contributed by atoms with Crippen LogP contribution in [-0.4, -0.2) is 54.0 Å². The maximum Gasteiger partial charge on any atom is 0.270 e. The van der Waals surface area contributed by atoms with Gasteiger partial charge in [-0.15, -0.1) is 0 Å². The molecule has 1 unspecified atom stereocenters. The first kappa shape index (κ1) is 19.5. The summed E-state index contributed by atoms with van der Waals surface area (Å²) in [4.78, 5) is 31.4. The van der Waals surface area contributed by atoms with E-state index >= 15 is 0 Å². The van der Waals surface area contributed by atoms with Crippen LogP contribution in [0.4, 0.5) is 0 Å². The number of ether oxygens (including phenoxy) is 2. The minimum atomic E-state index is -0.236. The number of carbonyl (C=O) groups excluding carboxylic acids is 2. The summed E-state index contributed by atoms with van der Waals surface area (Å²) in [6.07, 6.45) is 1.93. The predicted molar refractivity (Wildman–Crippen MR) is 106 cm³/mol. The predicted octanol–water partition coefficient (Wildman–Crippen LogP) is 1.62. The highest BCUT2D eigenvalue weighted by Crippen LogP contribution is 2.21. The van der Waals surface area contributed by atoms with E-state index in [4.69, 9.17) is 9.47 Å². The summed E-state index contributed by atoms with van der Waals surface area (Å²) in [5.41, 5.74) is 4.56. The zero-order chi connectivity index (χ0) is 20.2. The second-order valence-electron chi connectivity index (χ2n) is 7.47. The molecule has 7 nitrogen and oxygen atoms in total. The number of nitrogens with one attached hydrogen (secondary N) is 1. The number of hydrogen-bond acceptors (Lipinski definition) is 5. The smallest absolute Gasteiger partial charge is 0.270 e. The van der Waals surface area contributed by atoms with Crippen molar-refractivity contribution >= 4 is 11.8 Å². The number of benzene rings is 1. The Morgan fingerprint density at radius 3 is 2.93 bits per heavy atom. The van der Waals surface area contributed by atoms with Gasteiger partial charge >= 0.3 is 0 Å². The topological polar surface area (TPSA) is 80.8 Å². The van der Waals surface area contributed by atoms with Crippen LogP contribution >= 0.6 is 0 Å². The second kappa shape index (κ2) is 8.71. The molecule has 0 bridgehead atoms. The van der Waals surface area contributed by atoms with Crippen molar-refractivity contribution in [3.05, 3.63) is 64.5 Å². The fourth-order valence-electron chi connectivity index (χ4n) is 3.78. The summed E-state index contributed by atoms with van der Waals surface area (Å²) in [5, 5.41) is 2.90. The first-order valence-corrected chi connectivity index (χ1v) is 9.87. The minimum Gasteiger partial charge on any atom is -0.377 e. The maximum absolute atomic E-state index is 13.0. The number of rotatable bonds is 5. The molecule has 1 saturated heterocycles. The number of carbonyl (C=O) groups is 2. The zero-order valence-corrected chi connectivity index (χ0v) is 16.5. The van der Waals surface area contributed by atoms with Gasteiger partial charge in [-0.25, -0.2) is 0 Å². The number of morpholine rings is 1. The number of aryl methyl sites for hydroxylation is 1. The normalized spacial score (nSPS) is 18.4. The second-order valence-corrected chi connectivity index (χ2v) is 7.47. The van der Waals surface area contributed by atoms with Crippen molar-refractivity contribution < 1.29 is 19.1 Å². The van der Waals surface area contributed by atoms with Crippen molar-refractivity contribution in [1.82, 2.24) is 15.2 Å². The Labute approximate surface area is 170 Å². The van der Waals surface area contributed by atoms with Crippen LogP contribution in [-0.2, 0) is 33.9 Å². The lowest BCUT2D eigenvalue weighted by atomic mass is 10.0. The number of nitrogens with zero attached hydrogens (tertiary/aromatic N) is 2. The van der Waals surface area contributed by atoms with Crippen molar-refractivity contribution in [2.45, 2.75) is 32.6 Å². The Kier molecular flexibility index (Phi) is 5.87. The number of hydrogen-bond donors (Lipinski definition) is 1. The first-order chi connectivity index (χ1) is 14.1.